The molecular formula is C22H25N3O2. The van der Waals surface area contributed by atoms with Gasteiger partial charge in [-0.05, 0) is 42.5 Å². The lowest BCUT2D eigenvalue weighted by atomic mass is 10.0. The third-order valence-corrected chi connectivity index (χ3v) is 4.54. The minimum atomic E-state index is -0.0651. The molecule has 1 heterocycles. The average molecular weight is 363 g/mol. The van der Waals surface area contributed by atoms with Crippen molar-refractivity contribution in [3.63, 3.8) is 0 Å². The van der Waals surface area contributed by atoms with Crippen LogP contribution in [0, 0.1) is 13.8 Å². The van der Waals surface area contributed by atoms with Crippen LogP contribution in [0.25, 0.3) is 11.4 Å². The first-order valence-corrected chi connectivity index (χ1v) is 9.22. The first-order chi connectivity index (χ1) is 12.9. The van der Waals surface area contributed by atoms with E-state index in [4.69, 9.17) is 4.52 Å². The van der Waals surface area contributed by atoms with E-state index in [1.807, 2.05) is 44.2 Å². The van der Waals surface area contributed by atoms with Crippen molar-refractivity contribution in [1.29, 1.82) is 0 Å². The molecule has 5 heteroatoms. The van der Waals surface area contributed by atoms with Crippen LogP contribution in [0.2, 0.25) is 0 Å². The van der Waals surface area contributed by atoms with Gasteiger partial charge in [0.1, 0.15) is 0 Å². The Morgan fingerprint density at radius 3 is 2.56 bits per heavy atom. The van der Waals surface area contributed by atoms with E-state index in [0.717, 1.165) is 22.4 Å². The lowest BCUT2D eigenvalue weighted by Gasteiger charge is -2.08. The summed E-state index contributed by atoms with van der Waals surface area (Å²) in [4.78, 5) is 16.6. The van der Waals surface area contributed by atoms with Crippen LogP contribution in [0.4, 0.5) is 5.69 Å². The summed E-state index contributed by atoms with van der Waals surface area (Å²) in [6.45, 7) is 8.29. The number of hydrogen-bond donors (Lipinski definition) is 1. The molecular weight excluding hydrogens is 338 g/mol. The van der Waals surface area contributed by atoms with Gasteiger partial charge in [-0.1, -0.05) is 55.4 Å². The van der Waals surface area contributed by atoms with Gasteiger partial charge in [-0.25, -0.2) is 0 Å². The van der Waals surface area contributed by atoms with Crippen molar-refractivity contribution < 1.29 is 9.32 Å². The van der Waals surface area contributed by atoms with Crippen LogP contribution in [-0.2, 0) is 11.2 Å². The number of carbonyl (C=O) groups excluding carboxylic acids is 1. The van der Waals surface area contributed by atoms with Crippen molar-refractivity contribution in [3.8, 4) is 11.4 Å². The molecule has 0 saturated heterocycles. The van der Waals surface area contributed by atoms with Crippen LogP contribution < -0.4 is 5.32 Å². The molecule has 5 nitrogen and oxygen atoms in total. The Bertz CT molecular complexity index is 927. The number of amides is 1. The zero-order chi connectivity index (χ0) is 19.4. The van der Waals surface area contributed by atoms with Crippen molar-refractivity contribution in [2.45, 2.75) is 46.5 Å². The highest BCUT2D eigenvalue weighted by Crippen LogP contribution is 2.21. The highest BCUT2D eigenvalue weighted by atomic mass is 16.5. The molecule has 0 spiro atoms. The normalized spacial score (nSPS) is 11.0. The zero-order valence-corrected chi connectivity index (χ0v) is 16.2. The largest absolute Gasteiger partial charge is 0.339 e. The van der Waals surface area contributed by atoms with Crippen molar-refractivity contribution in [3.05, 3.63) is 65.0 Å². The van der Waals surface area contributed by atoms with Crippen LogP contribution in [0.15, 0.2) is 47.0 Å². The summed E-state index contributed by atoms with van der Waals surface area (Å²) in [6, 6.07) is 14.1. The molecule has 0 bridgehead atoms. The van der Waals surface area contributed by atoms with Gasteiger partial charge in [-0.3, -0.25) is 4.79 Å². The summed E-state index contributed by atoms with van der Waals surface area (Å²) >= 11 is 0. The van der Waals surface area contributed by atoms with Crippen LogP contribution in [0.5, 0.6) is 0 Å². The van der Waals surface area contributed by atoms with Crippen molar-refractivity contribution in [2.24, 2.45) is 0 Å². The molecule has 3 aromatic rings. The molecule has 1 N–H and O–H groups in total. The molecule has 0 radical (unpaired) electrons. The van der Waals surface area contributed by atoms with Gasteiger partial charge in [0.05, 0.1) is 0 Å². The number of nitrogens with one attached hydrogen (secondary N) is 1. The third kappa shape index (κ3) is 4.82. The van der Waals surface area contributed by atoms with Crippen molar-refractivity contribution in [1.82, 2.24) is 10.1 Å². The van der Waals surface area contributed by atoms with E-state index in [9.17, 15) is 4.79 Å². The number of nitrogens with zero attached hydrogens (tertiary/aromatic N) is 2. The van der Waals surface area contributed by atoms with E-state index in [2.05, 4.69) is 41.4 Å². The lowest BCUT2D eigenvalue weighted by molar-refractivity contribution is -0.116. The molecule has 0 aliphatic heterocycles. The Morgan fingerprint density at radius 2 is 1.85 bits per heavy atom. The van der Waals surface area contributed by atoms with Gasteiger partial charge < -0.3 is 9.84 Å². The first-order valence-electron chi connectivity index (χ1n) is 9.22. The van der Waals surface area contributed by atoms with E-state index in [1.54, 1.807) is 0 Å². The molecule has 0 unspecified atom stereocenters. The van der Waals surface area contributed by atoms with E-state index in [1.165, 1.54) is 5.56 Å². The van der Waals surface area contributed by atoms with Crippen LogP contribution in [-0.4, -0.2) is 16.0 Å². The smallest absolute Gasteiger partial charge is 0.227 e. The summed E-state index contributed by atoms with van der Waals surface area (Å²) in [5, 5.41) is 6.98. The highest BCUT2D eigenvalue weighted by Gasteiger charge is 2.12. The Hall–Kier alpha value is -2.95. The number of aromatic nitrogens is 2. The van der Waals surface area contributed by atoms with Gasteiger partial charge >= 0.3 is 0 Å². The fourth-order valence-corrected chi connectivity index (χ4v) is 2.79. The van der Waals surface area contributed by atoms with Gasteiger partial charge in [-0.2, -0.15) is 4.98 Å². The molecule has 0 aliphatic carbocycles. The first kappa shape index (κ1) is 18.8. The third-order valence-electron chi connectivity index (χ3n) is 4.54. The number of hydrogen-bond acceptors (Lipinski definition) is 4. The Labute approximate surface area is 159 Å². The SMILES string of the molecule is Cc1ccc(C)c(NC(=O)CCc2nc(-c3ccc(C(C)C)cc3)no2)c1. The molecule has 0 aliphatic rings. The van der Waals surface area contributed by atoms with Crippen molar-refractivity contribution in [2.75, 3.05) is 5.32 Å². The zero-order valence-electron chi connectivity index (χ0n) is 16.2. The summed E-state index contributed by atoms with van der Waals surface area (Å²) in [7, 11) is 0. The van der Waals surface area contributed by atoms with Crippen LogP contribution in [0.3, 0.4) is 0 Å². The van der Waals surface area contributed by atoms with Gasteiger partial charge in [0.25, 0.3) is 0 Å². The Morgan fingerprint density at radius 1 is 1.11 bits per heavy atom. The maximum Gasteiger partial charge on any atom is 0.227 e. The summed E-state index contributed by atoms with van der Waals surface area (Å²) < 4.78 is 5.30. The number of anilines is 1. The summed E-state index contributed by atoms with van der Waals surface area (Å²) in [5.41, 5.74) is 5.18. The van der Waals surface area contributed by atoms with Gasteiger partial charge in [0.2, 0.25) is 17.6 Å². The lowest BCUT2D eigenvalue weighted by Crippen LogP contribution is -2.13. The van der Waals surface area contributed by atoms with Gasteiger partial charge in [0, 0.05) is 24.1 Å². The van der Waals surface area contributed by atoms with Crippen LogP contribution in [0.1, 0.15) is 48.8 Å². The molecule has 0 atom stereocenters. The minimum Gasteiger partial charge on any atom is -0.339 e. The maximum atomic E-state index is 12.2. The second-order valence-electron chi connectivity index (χ2n) is 7.15. The number of carbonyl (C=O) groups is 1. The monoisotopic (exact) mass is 363 g/mol. The van der Waals surface area contributed by atoms with E-state index in [-0.39, 0.29) is 5.91 Å². The predicted molar refractivity (Wildman–Crippen MR) is 107 cm³/mol. The maximum absolute atomic E-state index is 12.2. The average Bonchev–Trinajstić information content (AvgIpc) is 3.12. The Kier molecular flexibility index (Phi) is 5.69. The second kappa shape index (κ2) is 8.16. The van der Waals surface area contributed by atoms with E-state index < -0.39 is 0 Å². The summed E-state index contributed by atoms with van der Waals surface area (Å²) in [6.07, 6.45) is 0.703. The van der Waals surface area contributed by atoms with Gasteiger partial charge in [0.15, 0.2) is 0 Å². The standard InChI is InChI=1S/C22H25N3O2/c1-14(2)17-7-9-18(10-8-17)22-24-21(27-25-22)12-11-20(26)23-19-13-15(3)5-6-16(19)4/h5-10,13-14H,11-12H2,1-4H3,(H,23,26). The molecule has 0 fully saturated rings. The van der Waals surface area contributed by atoms with E-state index in [0.29, 0.717) is 30.5 Å². The van der Waals surface area contributed by atoms with E-state index >= 15 is 0 Å². The van der Waals surface area contributed by atoms with Crippen molar-refractivity contribution >= 4 is 11.6 Å². The quantitative estimate of drug-likeness (QED) is 0.665. The predicted octanol–water partition coefficient (Wildman–Crippen LogP) is 5.05. The molecule has 0 saturated carbocycles. The molecule has 1 amide bonds. The number of benzene rings is 2. The highest BCUT2D eigenvalue weighted by molar-refractivity contribution is 5.91. The number of aryl methyl sites for hydroxylation is 3. The molecule has 27 heavy (non-hydrogen) atoms. The van der Waals surface area contributed by atoms with Gasteiger partial charge in [-0.15, -0.1) is 0 Å². The molecule has 2 aromatic carbocycles. The molecule has 3 rings (SSSR count). The topological polar surface area (TPSA) is 68.0 Å². The summed E-state index contributed by atoms with van der Waals surface area (Å²) in [5.74, 6) is 1.43. The minimum absolute atomic E-state index is 0.0651. The fraction of sp³-hybridized carbons (Fsp3) is 0.318. The molecule has 1 aromatic heterocycles. The van der Waals surface area contributed by atoms with Crippen LogP contribution >= 0.6 is 0 Å². The second-order valence-corrected chi connectivity index (χ2v) is 7.15. The Balaban J connectivity index is 1.59. The molecule has 140 valence electrons. The number of rotatable bonds is 6. The fourth-order valence-electron chi connectivity index (χ4n) is 2.79.